The fourth-order valence-electron chi connectivity index (χ4n) is 4.04. The van der Waals surface area contributed by atoms with Gasteiger partial charge in [0.2, 0.25) is 5.96 Å². The van der Waals surface area contributed by atoms with Gasteiger partial charge in [0.25, 0.3) is 5.91 Å². The smallest absolute Gasteiger partial charge is 0.286 e. The van der Waals surface area contributed by atoms with Crippen LogP contribution in [0, 0.1) is 5.41 Å². The highest BCUT2D eigenvalue weighted by molar-refractivity contribution is 6.38. The van der Waals surface area contributed by atoms with Gasteiger partial charge in [-0.15, -0.1) is 0 Å². The minimum Gasteiger partial charge on any atom is -0.383 e. The first-order valence-corrected chi connectivity index (χ1v) is 11.3. The molecule has 1 atom stereocenters. The van der Waals surface area contributed by atoms with Crippen LogP contribution in [-0.4, -0.2) is 85.0 Å². The molecule has 0 spiro atoms. The van der Waals surface area contributed by atoms with Gasteiger partial charge in [-0.1, -0.05) is 31.5 Å². The van der Waals surface area contributed by atoms with E-state index in [-0.39, 0.29) is 17.8 Å². The van der Waals surface area contributed by atoms with Crippen LogP contribution in [0.5, 0.6) is 0 Å². The van der Waals surface area contributed by atoms with Crippen molar-refractivity contribution < 1.29 is 9.53 Å². The number of nitrogens with two attached hydrogens (primary N) is 1. The van der Waals surface area contributed by atoms with Crippen LogP contribution in [0.25, 0.3) is 10.9 Å². The number of rotatable bonds is 8. The molecule has 9 nitrogen and oxygen atoms in total. The Morgan fingerprint density at radius 3 is 2.78 bits per heavy atom. The van der Waals surface area contributed by atoms with E-state index >= 15 is 0 Å². The van der Waals surface area contributed by atoms with Crippen molar-refractivity contribution in [2.75, 3.05) is 46.4 Å². The second-order valence-electron chi connectivity index (χ2n) is 8.16. The van der Waals surface area contributed by atoms with Crippen molar-refractivity contribution in [3.05, 3.63) is 36.0 Å². The van der Waals surface area contributed by atoms with Crippen LogP contribution in [0.3, 0.4) is 0 Å². The molecule has 0 saturated carbocycles. The lowest BCUT2D eigenvalue weighted by molar-refractivity contribution is -0.115. The summed E-state index contributed by atoms with van der Waals surface area (Å²) in [7, 11) is 1.69. The third-order valence-electron chi connectivity index (χ3n) is 5.86. The van der Waals surface area contributed by atoms with Crippen LogP contribution in [0.4, 0.5) is 0 Å². The zero-order chi connectivity index (χ0) is 22.9. The lowest BCUT2D eigenvalue weighted by Crippen LogP contribution is -2.50. The Morgan fingerprint density at radius 2 is 2.06 bits per heavy atom. The molecule has 0 radical (unpaired) electrons. The van der Waals surface area contributed by atoms with E-state index in [0.29, 0.717) is 26.1 Å². The van der Waals surface area contributed by atoms with Gasteiger partial charge in [0.15, 0.2) is 5.84 Å². The summed E-state index contributed by atoms with van der Waals surface area (Å²) < 4.78 is 5.12. The predicted octanol–water partition coefficient (Wildman–Crippen LogP) is 1.55. The normalized spacial score (nSPS) is 16.3. The zero-order valence-electron chi connectivity index (χ0n) is 19.1. The molecule has 3 rings (SSSR count). The van der Waals surface area contributed by atoms with E-state index in [9.17, 15) is 4.79 Å². The molecule has 1 aliphatic rings. The Kier molecular flexibility index (Phi) is 8.64. The Bertz CT molecular complexity index is 931. The van der Waals surface area contributed by atoms with Crippen LogP contribution in [0.15, 0.2) is 35.5 Å². The minimum atomic E-state index is -0.424. The summed E-state index contributed by atoms with van der Waals surface area (Å²) in [6.07, 6.45) is 4.48. The number of H-pyrrole nitrogens is 1. The number of ether oxygens (including phenoxy) is 1. The number of nitrogens with one attached hydrogen (secondary N) is 3. The number of amides is 1. The van der Waals surface area contributed by atoms with E-state index in [2.05, 4.69) is 33.2 Å². The number of para-hydroxylation sites is 1. The molecule has 1 amide bonds. The molecule has 1 unspecified atom stereocenters. The first-order chi connectivity index (χ1) is 15.5. The van der Waals surface area contributed by atoms with Crippen LogP contribution >= 0.6 is 0 Å². The van der Waals surface area contributed by atoms with E-state index in [1.165, 1.54) is 0 Å². The number of fused-ring (bicyclic) bond motifs is 1. The van der Waals surface area contributed by atoms with Crippen molar-refractivity contribution in [1.29, 1.82) is 5.41 Å². The summed E-state index contributed by atoms with van der Waals surface area (Å²) in [5.41, 5.74) is 8.21. The van der Waals surface area contributed by atoms with Crippen molar-refractivity contribution in [2.45, 2.75) is 32.2 Å². The maximum atomic E-state index is 12.7. The number of aromatic nitrogens is 1. The number of aliphatic imine (C=N–C) groups is 1. The number of aromatic amines is 1. The number of nitrogens with zero attached hydrogens (tertiary/aromatic N) is 3. The van der Waals surface area contributed by atoms with Gasteiger partial charge in [-0.25, -0.2) is 0 Å². The molecule has 0 bridgehead atoms. The largest absolute Gasteiger partial charge is 0.383 e. The number of guanidine groups is 1. The van der Waals surface area contributed by atoms with E-state index in [1.807, 2.05) is 29.3 Å². The number of hydrogen-bond acceptors (Lipinski definition) is 4. The first-order valence-electron chi connectivity index (χ1n) is 11.3. The molecule has 2 heterocycles. The highest BCUT2D eigenvalue weighted by Gasteiger charge is 2.21. The van der Waals surface area contributed by atoms with Gasteiger partial charge in [0, 0.05) is 63.0 Å². The van der Waals surface area contributed by atoms with Crippen molar-refractivity contribution in [2.24, 2.45) is 10.7 Å². The van der Waals surface area contributed by atoms with Crippen molar-refractivity contribution in [3.8, 4) is 0 Å². The van der Waals surface area contributed by atoms with Crippen LogP contribution in [0.2, 0.25) is 0 Å². The lowest BCUT2D eigenvalue weighted by atomic mass is 10.0. The van der Waals surface area contributed by atoms with Gasteiger partial charge in [0.05, 0.1) is 6.61 Å². The van der Waals surface area contributed by atoms with Crippen LogP contribution in [-0.2, 0) is 16.0 Å². The molecular weight excluding hydrogens is 406 g/mol. The van der Waals surface area contributed by atoms with E-state index in [1.54, 1.807) is 7.11 Å². The summed E-state index contributed by atoms with van der Waals surface area (Å²) in [6, 6.07) is 8.08. The molecule has 1 aromatic carbocycles. The van der Waals surface area contributed by atoms with E-state index < -0.39 is 5.91 Å². The molecule has 174 valence electrons. The molecule has 1 saturated heterocycles. The van der Waals surface area contributed by atoms with Crippen LogP contribution < -0.4 is 11.1 Å². The summed E-state index contributed by atoms with van der Waals surface area (Å²) >= 11 is 0. The van der Waals surface area contributed by atoms with Gasteiger partial charge in [-0.2, -0.15) is 4.99 Å². The average molecular weight is 442 g/mol. The fraction of sp³-hybridized carbons (Fsp3) is 0.522. The Morgan fingerprint density at radius 1 is 1.31 bits per heavy atom. The first kappa shape index (κ1) is 23.7. The molecule has 1 fully saturated rings. The summed E-state index contributed by atoms with van der Waals surface area (Å²) in [6.45, 7) is 6.68. The van der Waals surface area contributed by atoms with E-state index in [4.69, 9.17) is 15.9 Å². The number of piperazine rings is 1. The van der Waals surface area contributed by atoms with Crippen molar-refractivity contribution in [3.63, 3.8) is 0 Å². The molecular formula is C23H35N7O2. The van der Waals surface area contributed by atoms with Gasteiger partial charge >= 0.3 is 0 Å². The molecule has 1 aromatic heterocycles. The third kappa shape index (κ3) is 6.30. The lowest BCUT2D eigenvalue weighted by Gasteiger charge is -2.34. The number of hydrogen-bond donors (Lipinski definition) is 4. The zero-order valence-corrected chi connectivity index (χ0v) is 19.1. The monoisotopic (exact) mass is 441 g/mol. The number of carbonyl (C=O) groups is 1. The molecule has 5 N–H and O–H groups in total. The second kappa shape index (κ2) is 11.6. The number of amidine groups is 1. The maximum absolute atomic E-state index is 12.7. The van der Waals surface area contributed by atoms with Gasteiger partial charge in [-0.05, 0) is 24.5 Å². The quantitative estimate of drug-likeness (QED) is 0.366. The number of methoxy groups -OCH3 is 1. The highest BCUT2D eigenvalue weighted by atomic mass is 16.5. The molecule has 2 aromatic rings. The maximum Gasteiger partial charge on any atom is 0.286 e. The fourth-order valence-corrected chi connectivity index (χ4v) is 4.04. The predicted molar refractivity (Wildman–Crippen MR) is 128 cm³/mol. The van der Waals surface area contributed by atoms with E-state index in [0.717, 1.165) is 48.9 Å². The van der Waals surface area contributed by atoms with Crippen molar-refractivity contribution >= 4 is 28.6 Å². The topological polar surface area (TPSA) is 123 Å². The molecule has 0 aliphatic carbocycles. The van der Waals surface area contributed by atoms with Gasteiger partial charge in [0.1, 0.15) is 0 Å². The molecule has 32 heavy (non-hydrogen) atoms. The van der Waals surface area contributed by atoms with Crippen LogP contribution in [0.1, 0.15) is 25.3 Å². The highest BCUT2D eigenvalue weighted by Crippen LogP contribution is 2.20. The summed E-state index contributed by atoms with van der Waals surface area (Å²) in [4.78, 5) is 24.2. The summed E-state index contributed by atoms with van der Waals surface area (Å²) in [5.74, 6) is -0.559. The molecule has 1 aliphatic heterocycles. The third-order valence-corrected chi connectivity index (χ3v) is 5.86. The Labute approximate surface area is 189 Å². The molecule has 9 heteroatoms. The van der Waals surface area contributed by atoms with Gasteiger partial charge in [-0.3, -0.25) is 15.1 Å². The Balaban J connectivity index is 1.56. The van der Waals surface area contributed by atoms with Crippen molar-refractivity contribution in [1.82, 2.24) is 20.1 Å². The Hall–Kier alpha value is -2.91. The average Bonchev–Trinajstić information content (AvgIpc) is 3.21. The number of benzene rings is 1. The SMILES string of the molecule is CCCC(Cc1c[nH]c2ccccc12)NC(=O)C(N)=NC(=N)N1CCN(CCOC)CC1. The second-order valence-corrected chi connectivity index (χ2v) is 8.16. The summed E-state index contributed by atoms with van der Waals surface area (Å²) in [5, 5.41) is 12.4. The minimum absolute atomic E-state index is 0.0349. The number of carbonyl (C=O) groups excluding carboxylic acids is 1. The van der Waals surface area contributed by atoms with Gasteiger partial charge < -0.3 is 25.7 Å². The standard InChI is InChI=1S/C23H35N7O2/c1-3-6-18(15-17-16-26-20-8-5-4-7-19(17)20)27-22(31)21(24)28-23(25)30-11-9-29(10-12-30)13-14-32-2/h4-5,7-8,16,18,26H,3,6,9-15H2,1-2H3,(H,27,31)(H3,24,25,28).